The van der Waals surface area contributed by atoms with Gasteiger partial charge in [-0.2, -0.15) is 0 Å². The van der Waals surface area contributed by atoms with Crippen molar-refractivity contribution in [3.8, 4) is 0 Å². The summed E-state index contributed by atoms with van der Waals surface area (Å²) >= 11 is 0. The van der Waals surface area contributed by atoms with Gasteiger partial charge in [-0.3, -0.25) is 4.79 Å². The summed E-state index contributed by atoms with van der Waals surface area (Å²) in [4.78, 5) is 35.6. The Morgan fingerprint density at radius 3 is 2.77 bits per heavy atom. The minimum absolute atomic E-state index is 0.0893. The number of aldehydes is 1. The number of epoxide rings is 1. The van der Waals surface area contributed by atoms with E-state index >= 15 is 0 Å². The molecule has 140 valence electrons. The van der Waals surface area contributed by atoms with Crippen LogP contribution in [0.2, 0.25) is 0 Å². The highest BCUT2D eigenvalue weighted by Crippen LogP contribution is 2.45. The Hall–Kier alpha value is -2.25. The summed E-state index contributed by atoms with van der Waals surface area (Å²) in [6.45, 7) is 9.13. The summed E-state index contributed by atoms with van der Waals surface area (Å²) < 4.78 is 16.3. The van der Waals surface area contributed by atoms with Crippen LogP contribution >= 0.6 is 0 Å². The van der Waals surface area contributed by atoms with Crippen LogP contribution in [0.25, 0.3) is 0 Å². The van der Waals surface area contributed by atoms with Crippen molar-refractivity contribution in [3.63, 3.8) is 0 Å². The van der Waals surface area contributed by atoms with Gasteiger partial charge in [0.1, 0.15) is 30.2 Å². The maximum atomic E-state index is 12.1. The van der Waals surface area contributed by atoms with Crippen LogP contribution in [0.4, 0.5) is 0 Å². The zero-order chi connectivity index (χ0) is 19.1. The fourth-order valence-corrected chi connectivity index (χ4v) is 3.53. The molecule has 7 nitrogen and oxygen atoms in total. The van der Waals surface area contributed by atoms with Gasteiger partial charge in [-0.05, 0) is 37.8 Å². The van der Waals surface area contributed by atoms with Crippen molar-refractivity contribution < 1.29 is 33.7 Å². The lowest BCUT2D eigenvalue weighted by Gasteiger charge is -2.31. The van der Waals surface area contributed by atoms with E-state index in [1.165, 1.54) is 13.0 Å². The number of allylic oxidation sites excluding steroid dienone is 1. The monoisotopic (exact) mass is 362 g/mol. The van der Waals surface area contributed by atoms with Gasteiger partial charge in [0.15, 0.2) is 0 Å². The number of esters is 2. The molecule has 1 N–H and O–H groups in total. The normalized spacial score (nSPS) is 38.6. The maximum Gasteiger partial charge on any atom is 0.334 e. The van der Waals surface area contributed by atoms with Crippen LogP contribution in [0.5, 0.6) is 0 Å². The average Bonchev–Trinajstić information content (AvgIpc) is 3.32. The Labute approximate surface area is 151 Å². The van der Waals surface area contributed by atoms with Crippen molar-refractivity contribution in [1.29, 1.82) is 0 Å². The van der Waals surface area contributed by atoms with Crippen LogP contribution in [0.15, 0.2) is 36.0 Å². The third-order valence-corrected chi connectivity index (χ3v) is 5.17. The molecular formula is C19H22O7. The quantitative estimate of drug-likeness (QED) is 0.346. The number of aliphatic hydroxyl groups is 1. The summed E-state index contributed by atoms with van der Waals surface area (Å²) in [7, 11) is 0. The van der Waals surface area contributed by atoms with Gasteiger partial charge < -0.3 is 19.3 Å². The number of aliphatic hydroxyl groups excluding tert-OH is 1. The molecule has 0 unspecified atom stereocenters. The second kappa shape index (κ2) is 6.81. The second-order valence-corrected chi connectivity index (χ2v) is 7.08. The van der Waals surface area contributed by atoms with E-state index in [0.717, 1.165) is 0 Å². The SMILES string of the molecule is C=C(C)C(=O)O[C@@H]1/C=C(\C=O)CCC[C@@]2(CO2)[C@H](O)[C@H]2OC(=O)C(=C)[C@@H]21. The van der Waals surface area contributed by atoms with Crippen molar-refractivity contribution in [2.45, 2.75) is 50.1 Å². The van der Waals surface area contributed by atoms with Gasteiger partial charge in [0, 0.05) is 11.1 Å². The molecule has 26 heavy (non-hydrogen) atoms. The van der Waals surface area contributed by atoms with Crippen molar-refractivity contribution in [2.75, 3.05) is 6.61 Å². The Bertz CT molecular complexity index is 701. The van der Waals surface area contributed by atoms with Gasteiger partial charge in [0.25, 0.3) is 0 Å². The summed E-state index contributed by atoms with van der Waals surface area (Å²) in [6, 6.07) is 0. The molecule has 1 aliphatic carbocycles. The van der Waals surface area contributed by atoms with Gasteiger partial charge in [-0.25, -0.2) is 9.59 Å². The molecule has 2 fully saturated rings. The van der Waals surface area contributed by atoms with E-state index in [2.05, 4.69) is 13.2 Å². The first-order valence-electron chi connectivity index (χ1n) is 8.53. The van der Waals surface area contributed by atoms with Crippen LogP contribution in [0.1, 0.15) is 26.2 Å². The molecule has 0 radical (unpaired) electrons. The fraction of sp³-hybridized carbons (Fsp3) is 0.526. The van der Waals surface area contributed by atoms with Crippen LogP contribution in [-0.2, 0) is 28.6 Å². The van der Waals surface area contributed by atoms with Gasteiger partial charge in [0.2, 0.25) is 0 Å². The van der Waals surface area contributed by atoms with E-state index < -0.39 is 41.8 Å². The summed E-state index contributed by atoms with van der Waals surface area (Å²) in [6.07, 6.45) is 0.772. The first kappa shape index (κ1) is 18.5. The maximum absolute atomic E-state index is 12.1. The largest absolute Gasteiger partial charge is 0.455 e. The summed E-state index contributed by atoms with van der Waals surface area (Å²) in [5.74, 6) is -2.13. The van der Waals surface area contributed by atoms with Gasteiger partial charge in [-0.1, -0.05) is 13.2 Å². The molecule has 0 aromatic heterocycles. The standard InChI is InChI=1S/C19H22O7/c1-10(2)17(22)25-13-7-12(8-20)5-4-6-19(9-24-19)16(21)15-14(13)11(3)18(23)26-15/h7-8,13-16,21H,1,3-6,9H2,2H3/b12-7-/t13-,14-,15+,16-,19-/m1/s1. The highest BCUT2D eigenvalue weighted by atomic mass is 16.6. The van der Waals surface area contributed by atoms with Gasteiger partial charge >= 0.3 is 11.9 Å². The van der Waals surface area contributed by atoms with Gasteiger partial charge in [0.05, 0.1) is 12.5 Å². The van der Waals surface area contributed by atoms with Crippen molar-refractivity contribution in [2.24, 2.45) is 5.92 Å². The molecule has 0 amide bonds. The minimum atomic E-state index is -1.08. The Kier molecular flexibility index (Phi) is 4.86. The van der Waals surface area contributed by atoms with E-state index in [1.54, 1.807) is 0 Å². The molecule has 0 saturated carbocycles. The number of fused-ring (bicyclic) bond motifs is 1. The number of rotatable bonds is 3. The Morgan fingerprint density at radius 1 is 1.50 bits per heavy atom. The van der Waals surface area contributed by atoms with E-state index in [-0.39, 0.29) is 11.1 Å². The van der Waals surface area contributed by atoms with E-state index in [4.69, 9.17) is 14.2 Å². The lowest BCUT2D eigenvalue weighted by molar-refractivity contribution is -0.152. The molecule has 2 heterocycles. The molecule has 2 saturated heterocycles. The molecule has 2 aliphatic heterocycles. The molecule has 7 heteroatoms. The number of hydrogen-bond donors (Lipinski definition) is 1. The van der Waals surface area contributed by atoms with Crippen LogP contribution in [0, 0.1) is 5.92 Å². The molecular weight excluding hydrogens is 340 g/mol. The van der Waals surface area contributed by atoms with Crippen LogP contribution < -0.4 is 0 Å². The Morgan fingerprint density at radius 2 is 2.19 bits per heavy atom. The summed E-state index contributed by atoms with van der Waals surface area (Å²) in [5.41, 5.74) is -0.0886. The first-order chi connectivity index (χ1) is 12.3. The van der Waals surface area contributed by atoms with E-state index in [9.17, 15) is 19.5 Å². The molecule has 1 spiro atoms. The van der Waals surface area contributed by atoms with Crippen LogP contribution in [-0.4, -0.2) is 53.9 Å². The highest BCUT2D eigenvalue weighted by molar-refractivity contribution is 5.92. The van der Waals surface area contributed by atoms with Crippen molar-refractivity contribution in [3.05, 3.63) is 36.0 Å². The summed E-state index contributed by atoms with van der Waals surface area (Å²) in [5, 5.41) is 10.8. The average molecular weight is 362 g/mol. The first-order valence-corrected chi connectivity index (χ1v) is 8.53. The van der Waals surface area contributed by atoms with Crippen molar-refractivity contribution >= 4 is 18.2 Å². The molecule has 0 bridgehead atoms. The predicted octanol–water partition coefficient (Wildman–Crippen LogP) is 1.01. The second-order valence-electron chi connectivity index (χ2n) is 7.08. The lowest BCUT2D eigenvalue weighted by atomic mass is 9.80. The number of carbonyl (C=O) groups excluding carboxylic acids is 3. The number of carbonyl (C=O) groups is 3. The Balaban J connectivity index is 2.03. The minimum Gasteiger partial charge on any atom is -0.455 e. The molecule has 0 aromatic carbocycles. The zero-order valence-electron chi connectivity index (χ0n) is 14.6. The molecule has 3 aliphatic rings. The third-order valence-electron chi connectivity index (χ3n) is 5.17. The topological polar surface area (TPSA) is 102 Å². The van der Waals surface area contributed by atoms with Crippen molar-refractivity contribution in [1.82, 2.24) is 0 Å². The fourth-order valence-electron chi connectivity index (χ4n) is 3.53. The zero-order valence-corrected chi connectivity index (χ0v) is 14.6. The highest BCUT2D eigenvalue weighted by Gasteiger charge is 2.60. The lowest BCUT2D eigenvalue weighted by Crippen LogP contribution is -2.47. The molecule has 3 rings (SSSR count). The predicted molar refractivity (Wildman–Crippen MR) is 89.9 cm³/mol. The number of ether oxygens (including phenoxy) is 3. The molecule has 0 aromatic rings. The number of hydrogen-bond acceptors (Lipinski definition) is 7. The smallest absolute Gasteiger partial charge is 0.334 e. The van der Waals surface area contributed by atoms with E-state index in [0.29, 0.717) is 37.7 Å². The van der Waals surface area contributed by atoms with Gasteiger partial charge in [-0.15, -0.1) is 0 Å². The van der Waals surface area contributed by atoms with Crippen LogP contribution in [0.3, 0.4) is 0 Å². The molecule has 5 atom stereocenters. The third kappa shape index (κ3) is 3.24. The van der Waals surface area contributed by atoms with E-state index in [1.807, 2.05) is 0 Å².